The Hall–Kier alpha value is -4.27. The lowest BCUT2D eigenvalue weighted by atomic mass is 9.97. The molecule has 0 bridgehead atoms. The minimum Gasteiger partial charge on any atom is -0.481 e. The predicted molar refractivity (Wildman–Crippen MR) is 120 cm³/mol. The van der Waals surface area contributed by atoms with Gasteiger partial charge < -0.3 is 14.7 Å². The number of carbonyl (C=O) groups excluding carboxylic acids is 1. The molecule has 168 valence electrons. The number of nitrogens with zero attached hydrogens (tertiary/aromatic N) is 3. The molecule has 0 amide bonds. The molecule has 0 aliphatic carbocycles. The lowest BCUT2D eigenvalue weighted by Gasteiger charge is -2.30. The molecule has 0 spiro atoms. The minimum absolute atomic E-state index is 0.0208. The van der Waals surface area contributed by atoms with E-state index >= 15 is 0 Å². The number of nitro groups is 1. The van der Waals surface area contributed by atoms with Crippen LogP contribution in [0.15, 0.2) is 66.9 Å². The maximum absolute atomic E-state index is 12.6. The topological polar surface area (TPSA) is 123 Å². The fourth-order valence-electron chi connectivity index (χ4n) is 3.81. The van der Waals surface area contributed by atoms with Crippen molar-refractivity contribution in [3.8, 4) is 11.5 Å². The average Bonchev–Trinajstić information content (AvgIpc) is 2.84. The van der Waals surface area contributed by atoms with Gasteiger partial charge in [0.05, 0.1) is 10.8 Å². The molecular formula is C24H21N3O6. The van der Waals surface area contributed by atoms with Gasteiger partial charge in [-0.1, -0.05) is 30.3 Å². The Labute approximate surface area is 189 Å². The minimum atomic E-state index is -0.858. The van der Waals surface area contributed by atoms with Gasteiger partial charge in [0.15, 0.2) is 5.78 Å². The first-order chi connectivity index (χ1) is 15.9. The second-order valence-corrected chi connectivity index (χ2v) is 7.66. The normalized spacial score (nSPS) is 14.0. The van der Waals surface area contributed by atoms with E-state index in [2.05, 4.69) is 4.98 Å². The van der Waals surface area contributed by atoms with E-state index in [-0.39, 0.29) is 23.0 Å². The molecule has 4 rings (SSSR count). The third-order valence-corrected chi connectivity index (χ3v) is 5.57. The number of benzene rings is 2. The molecule has 0 atom stereocenters. The van der Waals surface area contributed by atoms with E-state index in [0.717, 1.165) is 0 Å². The zero-order chi connectivity index (χ0) is 23.4. The molecule has 33 heavy (non-hydrogen) atoms. The van der Waals surface area contributed by atoms with Crippen LogP contribution in [0, 0.1) is 16.0 Å². The summed E-state index contributed by atoms with van der Waals surface area (Å²) in [6, 6.07) is 16.7. The molecule has 2 aromatic carbocycles. The van der Waals surface area contributed by atoms with Crippen LogP contribution in [0.2, 0.25) is 0 Å². The van der Waals surface area contributed by atoms with Crippen molar-refractivity contribution in [2.24, 2.45) is 5.92 Å². The molecule has 1 aliphatic heterocycles. The fraction of sp³-hybridized carbons (Fsp3) is 0.208. The van der Waals surface area contributed by atoms with Crippen molar-refractivity contribution in [1.82, 2.24) is 4.98 Å². The monoisotopic (exact) mass is 447 g/mol. The summed E-state index contributed by atoms with van der Waals surface area (Å²) in [6.07, 6.45) is 2.20. The molecule has 1 saturated heterocycles. The van der Waals surface area contributed by atoms with E-state index in [1.165, 1.54) is 12.3 Å². The number of pyridine rings is 1. The van der Waals surface area contributed by atoms with Crippen molar-refractivity contribution < 1.29 is 24.4 Å². The van der Waals surface area contributed by atoms with Gasteiger partial charge in [0.1, 0.15) is 5.75 Å². The van der Waals surface area contributed by atoms with E-state index in [0.29, 0.717) is 42.8 Å². The van der Waals surface area contributed by atoms with Crippen LogP contribution in [-0.2, 0) is 4.79 Å². The number of hydrogen-bond donors (Lipinski definition) is 1. The van der Waals surface area contributed by atoms with Crippen molar-refractivity contribution >= 4 is 23.3 Å². The van der Waals surface area contributed by atoms with E-state index in [9.17, 15) is 24.8 Å². The summed E-state index contributed by atoms with van der Waals surface area (Å²) in [5.41, 5.74) is 0.753. The van der Waals surface area contributed by atoms with Gasteiger partial charge in [0, 0.05) is 36.5 Å². The molecule has 1 N–H and O–H groups in total. The van der Waals surface area contributed by atoms with Crippen LogP contribution in [0.5, 0.6) is 11.5 Å². The second-order valence-electron chi connectivity index (χ2n) is 7.66. The molecular weight excluding hydrogens is 426 g/mol. The Morgan fingerprint density at radius 1 is 1.00 bits per heavy atom. The number of hydrogen-bond acceptors (Lipinski definition) is 7. The number of rotatable bonds is 7. The van der Waals surface area contributed by atoms with Crippen LogP contribution in [0.3, 0.4) is 0 Å². The van der Waals surface area contributed by atoms with Crippen molar-refractivity contribution in [2.45, 2.75) is 12.8 Å². The van der Waals surface area contributed by atoms with E-state index in [1.807, 2.05) is 6.07 Å². The molecule has 1 aromatic heterocycles. The van der Waals surface area contributed by atoms with Crippen molar-refractivity contribution in [3.05, 3.63) is 88.1 Å². The Morgan fingerprint density at radius 3 is 2.24 bits per heavy atom. The number of carbonyl (C=O) groups is 2. The molecule has 9 heteroatoms. The lowest BCUT2D eigenvalue weighted by Crippen LogP contribution is -2.37. The highest BCUT2D eigenvalue weighted by Crippen LogP contribution is 2.39. The molecule has 0 unspecified atom stereocenters. The highest BCUT2D eigenvalue weighted by Gasteiger charge is 2.31. The predicted octanol–water partition coefficient (Wildman–Crippen LogP) is 4.31. The summed E-state index contributed by atoms with van der Waals surface area (Å²) >= 11 is 0. The fourth-order valence-corrected chi connectivity index (χ4v) is 3.81. The first kappa shape index (κ1) is 21.9. The van der Waals surface area contributed by atoms with Crippen LogP contribution < -0.4 is 9.64 Å². The van der Waals surface area contributed by atoms with Gasteiger partial charge in [-0.2, -0.15) is 0 Å². The van der Waals surface area contributed by atoms with Gasteiger partial charge in [-0.25, -0.2) is 4.98 Å². The molecule has 0 radical (unpaired) electrons. The van der Waals surface area contributed by atoms with Gasteiger partial charge in [-0.05, 0) is 37.1 Å². The summed E-state index contributed by atoms with van der Waals surface area (Å²) < 4.78 is 5.79. The third-order valence-electron chi connectivity index (χ3n) is 5.57. The number of carboxylic acids is 1. The molecule has 2 heterocycles. The molecule has 3 aromatic rings. The second kappa shape index (κ2) is 9.47. The maximum atomic E-state index is 12.6. The summed E-state index contributed by atoms with van der Waals surface area (Å²) in [5.74, 6) is -0.946. The van der Waals surface area contributed by atoms with Gasteiger partial charge in [-0.3, -0.25) is 19.7 Å². The largest absolute Gasteiger partial charge is 0.481 e. The van der Waals surface area contributed by atoms with Crippen molar-refractivity contribution in [3.63, 3.8) is 0 Å². The van der Waals surface area contributed by atoms with Crippen molar-refractivity contribution in [2.75, 3.05) is 18.0 Å². The number of aromatic nitrogens is 1. The van der Waals surface area contributed by atoms with Crippen LogP contribution in [-0.4, -0.2) is 39.9 Å². The Kier molecular flexibility index (Phi) is 6.30. The Balaban J connectivity index is 1.55. The summed E-state index contributed by atoms with van der Waals surface area (Å²) in [5, 5.41) is 21.0. The molecule has 9 nitrogen and oxygen atoms in total. The van der Waals surface area contributed by atoms with E-state index < -0.39 is 16.8 Å². The standard InChI is InChI=1S/C24H21N3O6/c28-22(16-4-2-1-3-5-16)17-6-8-19(9-7-17)33-20-10-13-25-23(21(20)27(31)32)26-14-11-18(12-15-26)24(29)30/h1-10,13,18H,11-12,14-15H2,(H,29,30). The van der Waals surface area contributed by atoms with Crippen LogP contribution in [0.4, 0.5) is 11.5 Å². The smallest absolute Gasteiger partial charge is 0.353 e. The van der Waals surface area contributed by atoms with Crippen molar-refractivity contribution in [1.29, 1.82) is 0 Å². The summed E-state index contributed by atoms with van der Waals surface area (Å²) in [4.78, 5) is 41.0. The summed E-state index contributed by atoms with van der Waals surface area (Å²) in [7, 11) is 0. The van der Waals surface area contributed by atoms with Gasteiger partial charge in [-0.15, -0.1) is 0 Å². The average molecular weight is 447 g/mol. The molecule has 1 aliphatic rings. The van der Waals surface area contributed by atoms with Gasteiger partial charge in [0.25, 0.3) is 0 Å². The number of ketones is 1. The molecule has 1 fully saturated rings. The number of piperidine rings is 1. The van der Waals surface area contributed by atoms with E-state index in [4.69, 9.17) is 4.74 Å². The molecule has 0 saturated carbocycles. The quantitative estimate of drug-likeness (QED) is 0.323. The maximum Gasteiger partial charge on any atom is 0.353 e. The van der Waals surface area contributed by atoms with Crippen LogP contribution >= 0.6 is 0 Å². The van der Waals surface area contributed by atoms with Crippen LogP contribution in [0.25, 0.3) is 0 Å². The first-order valence-corrected chi connectivity index (χ1v) is 10.4. The first-order valence-electron chi connectivity index (χ1n) is 10.4. The summed E-state index contributed by atoms with van der Waals surface area (Å²) in [6.45, 7) is 0.703. The SMILES string of the molecule is O=C(c1ccccc1)c1ccc(Oc2ccnc(N3CCC(C(=O)O)CC3)c2[N+](=O)[O-])cc1. The number of aliphatic carboxylic acids is 1. The number of carboxylic acid groups (broad SMARTS) is 1. The van der Waals surface area contributed by atoms with Gasteiger partial charge >= 0.3 is 11.7 Å². The lowest BCUT2D eigenvalue weighted by molar-refractivity contribution is -0.385. The zero-order valence-corrected chi connectivity index (χ0v) is 17.6. The highest BCUT2D eigenvalue weighted by atomic mass is 16.6. The number of anilines is 1. The van der Waals surface area contributed by atoms with E-state index in [1.54, 1.807) is 53.4 Å². The zero-order valence-electron chi connectivity index (χ0n) is 17.6. The Morgan fingerprint density at radius 2 is 1.64 bits per heavy atom. The van der Waals surface area contributed by atoms with Crippen LogP contribution in [0.1, 0.15) is 28.8 Å². The number of ether oxygens (including phenoxy) is 1. The third kappa shape index (κ3) is 4.82. The van der Waals surface area contributed by atoms with Gasteiger partial charge in [0.2, 0.25) is 11.6 Å². The highest BCUT2D eigenvalue weighted by molar-refractivity contribution is 6.09. The Bertz CT molecular complexity index is 1170.